The first-order valence-corrected chi connectivity index (χ1v) is 6.38. The number of likely N-dealkylation sites (tertiary alicyclic amines) is 1. The first-order valence-electron chi connectivity index (χ1n) is 6.38. The summed E-state index contributed by atoms with van der Waals surface area (Å²) in [6, 6.07) is 3.08. The van der Waals surface area contributed by atoms with Crippen LogP contribution in [0.4, 0.5) is 10.2 Å². The summed E-state index contributed by atoms with van der Waals surface area (Å²) >= 11 is 0. The Morgan fingerprint density at radius 1 is 1.58 bits per heavy atom. The van der Waals surface area contributed by atoms with E-state index in [1.54, 1.807) is 6.07 Å². The lowest BCUT2D eigenvalue weighted by atomic mass is 10.1. The number of aromatic amines is 1. The maximum absolute atomic E-state index is 13.9. The molecule has 1 aliphatic rings. The van der Waals surface area contributed by atoms with E-state index in [9.17, 15) is 4.39 Å². The molecule has 0 saturated carbocycles. The summed E-state index contributed by atoms with van der Waals surface area (Å²) in [6.07, 6.45) is 1.12. The number of nitrogens with two attached hydrogens (primary N) is 1. The highest BCUT2D eigenvalue weighted by Crippen LogP contribution is 2.27. The maximum atomic E-state index is 13.9. The van der Waals surface area contributed by atoms with Crippen LogP contribution < -0.4 is 10.5 Å². The van der Waals surface area contributed by atoms with Crippen LogP contribution in [0.2, 0.25) is 0 Å². The van der Waals surface area contributed by atoms with Crippen molar-refractivity contribution >= 4 is 16.7 Å². The number of nitrogen functional groups attached to an aromatic ring is 1. The van der Waals surface area contributed by atoms with E-state index in [1.807, 2.05) is 0 Å². The van der Waals surface area contributed by atoms with Crippen molar-refractivity contribution < 1.29 is 9.13 Å². The third kappa shape index (κ3) is 2.35. The molecule has 0 bridgehead atoms. The molecule has 0 unspecified atom stereocenters. The van der Waals surface area contributed by atoms with Crippen LogP contribution in [0.3, 0.4) is 0 Å². The van der Waals surface area contributed by atoms with Crippen LogP contribution >= 0.6 is 0 Å². The first kappa shape index (κ1) is 12.2. The lowest BCUT2D eigenvalue weighted by Gasteiger charge is -2.12. The molecular weight excluding hydrogens is 247 g/mol. The van der Waals surface area contributed by atoms with Gasteiger partial charge in [-0.25, -0.2) is 4.39 Å². The molecule has 0 aliphatic carbocycles. The predicted molar refractivity (Wildman–Crippen MR) is 71.6 cm³/mol. The van der Waals surface area contributed by atoms with E-state index in [2.05, 4.69) is 22.1 Å². The average Bonchev–Trinajstić information content (AvgIpc) is 2.94. The quantitative estimate of drug-likeness (QED) is 0.884. The molecule has 1 saturated heterocycles. The fraction of sp³-hybridized carbons (Fsp3) is 0.462. The molecule has 6 heteroatoms. The molecule has 0 radical (unpaired) electrons. The van der Waals surface area contributed by atoms with Crippen LogP contribution in [-0.2, 0) is 0 Å². The van der Waals surface area contributed by atoms with Gasteiger partial charge in [0, 0.05) is 24.6 Å². The van der Waals surface area contributed by atoms with E-state index in [0.717, 1.165) is 19.5 Å². The van der Waals surface area contributed by atoms with Crippen LogP contribution in [0.15, 0.2) is 12.1 Å². The lowest BCUT2D eigenvalue weighted by molar-refractivity contribution is 0.248. The Labute approximate surface area is 110 Å². The molecular formula is C13H17FN4O. The van der Waals surface area contributed by atoms with Gasteiger partial charge in [-0.2, -0.15) is 5.10 Å². The van der Waals surface area contributed by atoms with Gasteiger partial charge in [-0.15, -0.1) is 0 Å². The van der Waals surface area contributed by atoms with Crippen LogP contribution in [0.1, 0.15) is 6.42 Å². The Hall–Kier alpha value is -1.82. The van der Waals surface area contributed by atoms with Crippen molar-refractivity contribution in [2.45, 2.75) is 6.42 Å². The predicted octanol–water partition coefficient (Wildman–Crippen LogP) is 1.61. The number of hydrogen-bond acceptors (Lipinski definition) is 4. The van der Waals surface area contributed by atoms with Crippen molar-refractivity contribution in [3.8, 4) is 5.75 Å². The minimum absolute atomic E-state index is 0.247. The first-order chi connectivity index (χ1) is 9.13. The number of nitrogens with one attached hydrogen (secondary N) is 1. The van der Waals surface area contributed by atoms with Gasteiger partial charge in [-0.05, 0) is 20.0 Å². The Morgan fingerprint density at radius 2 is 2.42 bits per heavy atom. The van der Waals surface area contributed by atoms with Gasteiger partial charge in [0.1, 0.15) is 22.9 Å². The van der Waals surface area contributed by atoms with Gasteiger partial charge < -0.3 is 15.4 Å². The normalized spacial score (nSPS) is 20.2. The second-order valence-corrected chi connectivity index (χ2v) is 5.16. The van der Waals surface area contributed by atoms with Gasteiger partial charge in [0.15, 0.2) is 0 Å². The molecule has 1 atom stereocenters. The summed E-state index contributed by atoms with van der Waals surface area (Å²) in [5.74, 6) is 0.859. The van der Waals surface area contributed by atoms with Gasteiger partial charge >= 0.3 is 0 Å². The Balaban J connectivity index is 1.74. The molecule has 2 heterocycles. The summed E-state index contributed by atoms with van der Waals surface area (Å²) in [5, 5.41) is 6.85. The fourth-order valence-corrected chi connectivity index (χ4v) is 2.56. The molecule has 0 spiro atoms. The van der Waals surface area contributed by atoms with E-state index >= 15 is 0 Å². The van der Waals surface area contributed by atoms with E-state index < -0.39 is 5.82 Å². The monoisotopic (exact) mass is 264 g/mol. The third-order valence-corrected chi connectivity index (χ3v) is 3.58. The highest BCUT2D eigenvalue weighted by molar-refractivity contribution is 5.90. The van der Waals surface area contributed by atoms with E-state index in [-0.39, 0.29) is 5.82 Å². The molecule has 0 amide bonds. The lowest BCUT2D eigenvalue weighted by Crippen LogP contribution is -2.17. The minimum atomic E-state index is -0.401. The van der Waals surface area contributed by atoms with Crippen LogP contribution in [0.25, 0.3) is 10.9 Å². The Kier molecular flexibility index (Phi) is 3.02. The number of nitrogens with zero attached hydrogens (tertiary/aromatic N) is 2. The van der Waals surface area contributed by atoms with Crippen molar-refractivity contribution in [3.63, 3.8) is 0 Å². The van der Waals surface area contributed by atoms with E-state index in [1.165, 1.54) is 6.07 Å². The molecule has 5 nitrogen and oxygen atoms in total. The van der Waals surface area contributed by atoms with Gasteiger partial charge in [0.25, 0.3) is 0 Å². The fourth-order valence-electron chi connectivity index (χ4n) is 2.56. The molecule has 1 aliphatic heterocycles. The van der Waals surface area contributed by atoms with Crippen molar-refractivity contribution in [2.75, 3.05) is 32.5 Å². The zero-order chi connectivity index (χ0) is 13.4. The molecule has 19 heavy (non-hydrogen) atoms. The number of halogens is 1. The number of hydrogen-bond donors (Lipinski definition) is 2. The standard InChI is InChI=1S/C13H17FN4O/c1-18-3-2-8(6-18)7-19-9-4-10(14)12-11(5-9)16-17-13(12)15/h4-5,8H,2-3,6-7H2,1H3,(H3,15,16,17)/t8-/m0/s1. The SMILES string of the molecule is CN1CC[C@H](COc2cc(F)c3c(N)[nH]nc3c2)C1. The number of benzene rings is 1. The zero-order valence-corrected chi connectivity index (χ0v) is 10.8. The minimum Gasteiger partial charge on any atom is -0.493 e. The van der Waals surface area contributed by atoms with Gasteiger partial charge in [0.05, 0.1) is 12.0 Å². The molecule has 3 rings (SSSR count). The summed E-state index contributed by atoms with van der Waals surface area (Å²) in [5.41, 5.74) is 6.11. The smallest absolute Gasteiger partial charge is 0.140 e. The molecule has 102 valence electrons. The highest BCUT2D eigenvalue weighted by atomic mass is 19.1. The van der Waals surface area contributed by atoms with Gasteiger partial charge in [-0.1, -0.05) is 0 Å². The summed E-state index contributed by atoms with van der Waals surface area (Å²) in [7, 11) is 2.10. The van der Waals surface area contributed by atoms with Crippen LogP contribution in [-0.4, -0.2) is 41.8 Å². The van der Waals surface area contributed by atoms with E-state index in [0.29, 0.717) is 29.2 Å². The number of H-pyrrole nitrogens is 1. The van der Waals surface area contributed by atoms with Gasteiger partial charge in [-0.3, -0.25) is 5.10 Å². The van der Waals surface area contributed by atoms with Crippen molar-refractivity contribution in [2.24, 2.45) is 5.92 Å². The zero-order valence-electron chi connectivity index (χ0n) is 10.8. The van der Waals surface area contributed by atoms with Crippen LogP contribution in [0, 0.1) is 11.7 Å². The summed E-state index contributed by atoms with van der Waals surface area (Å²) < 4.78 is 19.6. The number of rotatable bonds is 3. The maximum Gasteiger partial charge on any atom is 0.140 e. The molecule has 1 aromatic carbocycles. The van der Waals surface area contributed by atoms with E-state index in [4.69, 9.17) is 10.5 Å². The molecule has 2 aromatic rings. The summed E-state index contributed by atoms with van der Waals surface area (Å²) in [6.45, 7) is 2.73. The van der Waals surface area contributed by atoms with Crippen molar-refractivity contribution in [1.29, 1.82) is 0 Å². The molecule has 1 aromatic heterocycles. The number of anilines is 1. The van der Waals surface area contributed by atoms with Crippen molar-refractivity contribution in [3.05, 3.63) is 17.9 Å². The highest BCUT2D eigenvalue weighted by Gasteiger charge is 2.20. The molecule has 3 N–H and O–H groups in total. The number of fused-ring (bicyclic) bond motifs is 1. The second kappa shape index (κ2) is 4.70. The van der Waals surface area contributed by atoms with Crippen molar-refractivity contribution in [1.82, 2.24) is 15.1 Å². The van der Waals surface area contributed by atoms with Gasteiger partial charge in [0.2, 0.25) is 0 Å². The topological polar surface area (TPSA) is 67.2 Å². The third-order valence-electron chi connectivity index (χ3n) is 3.58. The molecule has 1 fully saturated rings. The number of ether oxygens (including phenoxy) is 1. The average molecular weight is 264 g/mol. The summed E-state index contributed by atoms with van der Waals surface area (Å²) in [4.78, 5) is 2.27. The Morgan fingerprint density at radius 3 is 3.16 bits per heavy atom. The largest absolute Gasteiger partial charge is 0.493 e. The number of aromatic nitrogens is 2. The second-order valence-electron chi connectivity index (χ2n) is 5.16. The van der Waals surface area contributed by atoms with Crippen LogP contribution in [0.5, 0.6) is 5.75 Å². The Bertz CT molecular complexity index is 598.